The number of carbonyl (C=O) groups is 10. The van der Waals surface area contributed by atoms with Gasteiger partial charge in [-0.3, -0.25) is 47.9 Å². The molecule has 2 rings (SSSR count). The summed E-state index contributed by atoms with van der Waals surface area (Å²) in [5, 5.41) is 45.2. The zero-order valence-electron chi connectivity index (χ0n) is 34.7. The highest BCUT2D eigenvalue weighted by molar-refractivity contribution is 5.99. The van der Waals surface area contributed by atoms with Gasteiger partial charge in [-0.1, -0.05) is 62.4 Å². The van der Waals surface area contributed by atoms with Gasteiger partial charge in [0.15, 0.2) is 0 Å². The van der Waals surface area contributed by atoms with Gasteiger partial charge in [-0.2, -0.15) is 0 Å². The Hall–Kier alpha value is -6.90. The number of nitrogens with one attached hydrogen (secondary N) is 7. The van der Waals surface area contributed by atoms with Crippen LogP contribution in [0.1, 0.15) is 75.2 Å². The van der Waals surface area contributed by atoms with Crippen LogP contribution in [0.4, 0.5) is 0 Å². The molecule has 0 spiro atoms. The Morgan fingerprint density at radius 1 is 0.565 bits per heavy atom. The summed E-state index contributed by atoms with van der Waals surface area (Å²) in [7, 11) is 0. The number of hydrogen-bond acceptors (Lipinski definition) is 11. The van der Waals surface area contributed by atoms with E-state index in [4.69, 9.17) is 10.8 Å². The largest absolute Gasteiger partial charge is 0.481 e. The van der Waals surface area contributed by atoms with Crippen LogP contribution in [0.3, 0.4) is 0 Å². The smallest absolute Gasteiger partial charge is 0.303 e. The van der Waals surface area contributed by atoms with E-state index in [1.165, 1.54) is 19.1 Å². The quantitative estimate of drug-likeness (QED) is 0.0474. The van der Waals surface area contributed by atoms with Gasteiger partial charge < -0.3 is 58.3 Å². The van der Waals surface area contributed by atoms with Crippen molar-refractivity contribution in [1.29, 1.82) is 0 Å². The number of carbonyl (C=O) groups excluding carboxylic acids is 8. The second kappa shape index (κ2) is 26.3. The minimum Gasteiger partial charge on any atom is -0.481 e. The van der Waals surface area contributed by atoms with Gasteiger partial charge in [0.1, 0.15) is 36.3 Å². The van der Waals surface area contributed by atoms with Gasteiger partial charge in [0.25, 0.3) is 5.91 Å². The van der Waals surface area contributed by atoms with E-state index in [1.54, 1.807) is 62.4 Å². The number of amides is 8. The average Bonchev–Trinajstić information content (AvgIpc) is 3.22. The standard InChI is InChI=1S/C41H56N8O13/c1-23(2)20-30(40(61)47-29(15-14-25-10-6-4-7-11-25)39(60)46-27(35(42)56)16-18-33(52)53)48-41(62)31(22-50)49-38(59)28(17-19-34(54)55)45-32(51)21-43-36(57)24(3)44-37(58)26-12-8-5-9-13-26/h4-13,23-24,27-31,50H,14-22H2,1-3H3,(H2,42,56)(H,43,57)(H,44,58)(H,45,51)(H,46,60)(H,47,61)(H,48,62)(H,49,59)(H,52,53)(H,54,55)/t24-,27-,28-,29-,30-,31-/m0/s1. The second-order valence-corrected chi connectivity index (χ2v) is 14.7. The van der Waals surface area contributed by atoms with Gasteiger partial charge in [0, 0.05) is 18.4 Å². The molecular weight excluding hydrogens is 812 g/mol. The van der Waals surface area contributed by atoms with E-state index in [9.17, 15) is 58.2 Å². The molecule has 0 radical (unpaired) electrons. The summed E-state index contributed by atoms with van der Waals surface area (Å²) in [6, 6.07) is 8.51. The summed E-state index contributed by atoms with van der Waals surface area (Å²) in [6.07, 6.45) is -1.61. The third-order valence-corrected chi connectivity index (χ3v) is 9.16. The lowest BCUT2D eigenvalue weighted by molar-refractivity contribution is -0.139. The molecule has 62 heavy (non-hydrogen) atoms. The number of carboxylic acids is 2. The molecule has 2 aromatic rings. The molecule has 0 saturated heterocycles. The van der Waals surface area contributed by atoms with Gasteiger partial charge in [-0.15, -0.1) is 0 Å². The number of rotatable bonds is 27. The normalized spacial score (nSPS) is 13.7. The van der Waals surface area contributed by atoms with Crippen molar-refractivity contribution in [3.8, 4) is 0 Å². The minimum atomic E-state index is -1.73. The van der Waals surface area contributed by atoms with Gasteiger partial charge in [0.2, 0.25) is 41.4 Å². The predicted octanol–water partition coefficient (Wildman–Crippen LogP) is -1.77. The van der Waals surface area contributed by atoms with E-state index >= 15 is 0 Å². The number of carboxylic acid groups (broad SMARTS) is 2. The molecule has 0 aromatic heterocycles. The molecule has 0 aliphatic rings. The molecule has 0 saturated carbocycles. The van der Waals surface area contributed by atoms with E-state index in [0.717, 1.165) is 5.56 Å². The highest BCUT2D eigenvalue weighted by atomic mass is 16.4. The fraction of sp³-hybridized carbons (Fsp3) is 0.463. The Balaban J connectivity index is 2.17. The fourth-order valence-electron chi connectivity index (χ4n) is 5.80. The molecule has 12 N–H and O–H groups in total. The number of aliphatic hydroxyl groups excluding tert-OH is 1. The van der Waals surface area contributed by atoms with Crippen LogP contribution in [0, 0.1) is 5.92 Å². The zero-order valence-corrected chi connectivity index (χ0v) is 34.7. The zero-order chi connectivity index (χ0) is 46.4. The number of nitrogens with two attached hydrogens (primary N) is 1. The summed E-state index contributed by atoms with van der Waals surface area (Å²) < 4.78 is 0. The van der Waals surface area contributed by atoms with Crippen molar-refractivity contribution < 1.29 is 63.3 Å². The first-order chi connectivity index (χ1) is 29.3. The van der Waals surface area contributed by atoms with Crippen molar-refractivity contribution in [1.82, 2.24) is 37.2 Å². The predicted molar refractivity (Wildman–Crippen MR) is 220 cm³/mol. The Bertz CT molecular complexity index is 1880. The molecule has 338 valence electrons. The Morgan fingerprint density at radius 2 is 1.03 bits per heavy atom. The van der Waals surface area contributed by atoms with Crippen molar-refractivity contribution in [2.45, 2.75) is 102 Å². The van der Waals surface area contributed by atoms with Crippen LogP contribution in [-0.2, 0) is 49.6 Å². The van der Waals surface area contributed by atoms with Crippen molar-refractivity contribution in [3.63, 3.8) is 0 Å². The number of hydrogen-bond donors (Lipinski definition) is 11. The molecule has 0 fully saturated rings. The monoisotopic (exact) mass is 868 g/mol. The average molecular weight is 869 g/mol. The molecular formula is C41H56N8O13. The van der Waals surface area contributed by atoms with Crippen molar-refractivity contribution >= 4 is 59.2 Å². The molecule has 6 atom stereocenters. The van der Waals surface area contributed by atoms with Crippen LogP contribution in [0.2, 0.25) is 0 Å². The first-order valence-corrected chi connectivity index (χ1v) is 19.8. The third-order valence-electron chi connectivity index (χ3n) is 9.16. The lowest BCUT2D eigenvalue weighted by atomic mass is 10.00. The maximum atomic E-state index is 13.8. The summed E-state index contributed by atoms with van der Waals surface area (Å²) in [5.41, 5.74) is 6.49. The number of benzene rings is 2. The number of aliphatic hydroxyl groups is 1. The Labute approximate surface area is 357 Å². The van der Waals surface area contributed by atoms with Crippen LogP contribution in [0.5, 0.6) is 0 Å². The van der Waals surface area contributed by atoms with Crippen molar-refractivity contribution in [2.75, 3.05) is 13.2 Å². The van der Waals surface area contributed by atoms with E-state index in [1.807, 2.05) is 0 Å². The number of primary amides is 1. The molecule has 2 aromatic carbocycles. The molecule has 0 bridgehead atoms. The lowest BCUT2D eigenvalue weighted by Crippen LogP contribution is -2.60. The maximum Gasteiger partial charge on any atom is 0.303 e. The van der Waals surface area contributed by atoms with Crippen LogP contribution in [0.25, 0.3) is 0 Å². The molecule has 8 amide bonds. The minimum absolute atomic E-state index is 0.000641. The highest BCUT2D eigenvalue weighted by Gasteiger charge is 2.33. The van der Waals surface area contributed by atoms with Crippen molar-refractivity contribution in [2.24, 2.45) is 11.7 Å². The first kappa shape index (κ1) is 51.2. The van der Waals surface area contributed by atoms with E-state index in [2.05, 4.69) is 37.2 Å². The lowest BCUT2D eigenvalue weighted by Gasteiger charge is -2.27. The first-order valence-electron chi connectivity index (χ1n) is 19.8. The van der Waals surface area contributed by atoms with Gasteiger partial charge in [-0.25, -0.2) is 0 Å². The topological polar surface area (TPSA) is 342 Å². The second-order valence-electron chi connectivity index (χ2n) is 14.7. The van der Waals surface area contributed by atoms with Crippen LogP contribution in [0.15, 0.2) is 60.7 Å². The highest BCUT2D eigenvalue weighted by Crippen LogP contribution is 2.11. The number of aryl methyl sites for hydroxylation is 1. The van der Waals surface area contributed by atoms with Crippen molar-refractivity contribution in [3.05, 3.63) is 71.8 Å². The van der Waals surface area contributed by atoms with Crippen LogP contribution in [-0.4, -0.2) is 124 Å². The van der Waals surface area contributed by atoms with Gasteiger partial charge >= 0.3 is 11.9 Å². The van der Waals surface area contributed by atoms with Gasteiger partial charge in [0.05, 0.1) is 13.2 Å². The van der Waals surface area contributed by atoms with E-state index in [-0.39, 0.29) is 31.6 Å². The summed E-state index contributed by atoms with van der Waals surface area (Å²) >= 11 is 0. The summed E-state index contributed by atoms with van der Waals surface area (Å²) in [4.78, 5) is 126. The molecule has 0 heterocycles. The van der Waals surface area contributed by atoms with E-state index in [0.29, 0.717) is 5.56 Å². The Kier molecular flexibility index (Phi) is 21.8. The SMILES string of the molecule is CC(C)C[C@H](NC(=O)[C@H](CO)NC(=O)[C@H](CCC(=O)O)NC(=O)CNC(=O)[C@H](C)NC(=O)c1ccccc1)C(=O)N[C@@H](CCc1ccccc1)C(=O)N[C@@H](CCC(=O)O)C(N)=O. The third kappa shape index (κ3) is 19.0. The van der Waals surface area contributed by atoms with Crippen LogP contribution < -0.4 is 43.0 Å². The molecule has 0 aliphatic carbocycles. The van der Waals surface area contributed by atoms with Crippen LogP contribution >= 0.6 is 0 Å². The summed E-state index contributed by atoms with van der Waals surface area (Å²) in [5.74, 6) is -9.86. The molecule has 21 nitrogen and oxygen atoms in total. The molecule has 0 aliphatic heterocycles. The fourth-order valence-corrected chi connectivity index (χ4v) is 5.80. The van der Waals surface area contributed by atoms with Gasteiger partial charge in [-0.05, 0) is 62.6 Å². The summed E-state index contributed by atoms with van der Waals surface area (Å²) in [6.45, 7) is 3.14. The Morgan fingerprint density at radius 3 is 1.56 bits per heavy atom. The molecule has 0 unspecified atom stereocenters. The number of aliphatic carboxylic acids is 2. The maximum absolute atomic E-state index is 13.8. The van der Waals surface area contributed by atoms with E-state index < -0.39 is 128 Å². The molecule has 21 heteroatoms.